The number of hydrazone groups is 1. The number of carbonyl (C=O) groups excluding carboxylic acids is 4. The molecule has 61 heavy (non-hydrogen) atoms. The molecular weight excluding hydrogens is 791 g/mol. The molecule has 12 heteroatoms. The van der Waals surface area contributed by atoms with E-state index in [0.717, 1.165) is 40.8 Å². The predicted octanol–water partition coefficient (Wildman–Crippen LogP) is 10.1. The molecule has 1 N–H and O–H groups in total. The van der Waals surface area contributed by atoms with Crippen molar-refractivity contribution in [1.29, 1.82) is 0 Å². The molecule has 2 aliphatic rings. The van der Waals surface area contributed by atoms with Gasteiger partial charge in [0.2, 0.25) is 5.13 Å². The number of fused-ring (bicyclic) bond motifs is 1. The molecule has 11 nitrogen and oxygen atoms in total. The summed E-state index contributed by atoms with van der Waals surface area (Å²) in [5, 5.41) is 16.9. The second-order valence-electron chi connectivity index (χ2n) is 16.4. The molecule has 6 rings (SSSR count). The molecule has 0 atom stereocenters. The lowest BCUT2D eigenvalue weighted by molar-refractivity contribution is -0.141. The summed E-state index contributed by atoms with van der Waals surface area (Å²) >= 11 is 1.46. The minimum absolute atomic E-state index is 0.0167. The zero-order chi connectivity index (χ0) is 43.0. The number of unbranched alkanes of at least 4 members (excludes halogenated alkanes) is 4. The average molecular weight is 852 g/mol. The Balaban J connectivity index is 1.08. The number of carbonyl (C=O) groups is 4. The van der Waals surface area contributed by atoms with E-state index in [4.69, 9.17) is 24.3 Å². The van der Waals surface area contributed by atoms with E-state index in [1.54, 1.807) is 35.5 Å². The summed E-state index contributed by atoms with van der Waals surface area (Å²) in [6.07, 6.45) is 13.9. The van der Waals surface area contributed by atoms with Crippen LogP contribution >= 0.6 is 11.3 Å². The molecular formula is C49H61N3O8S. The number of ketones is 2. The molecule has 0 radical (unpaired) electrons. The molecule has 1 aromatic heterocycles. The van der Waals surface area contributed by atoms with Crippen molar-refractivity contribution in [2.45, 2.75) is 117 Å². The van der Waals surface area contributed by atoms with Crippen molar-refractivity contribution < 1.29 is 38.5 Å². The van der Waals surface area contributed by atoms with Gasteiger partial charge in [-0.1, -0.05) is 69.1 Å². The van der Waals surface area contributed by atoms with E-state index in [0.29, 0.717) is 86.6 Å². The first-order valence-electron chi connectivity index (χ1n) is 22.4. The van der Waals surface area contributed by atoms with E-state index in [1.807, 2.05) is 49.4 Å². The number of aliphatic hydroxyl groups excluding tert-OH is 1. The van der Waals surface area contributed by atoms with Gasteiger partial charge >= 0.3 is 11.9 Å². The van der Waals surface area contributed by atoms with Crippen molar-refractivity contribution >= 4 is 56.4 Å². The fourth-order valence-electron chi connectivity index (χ4n) is 8.30. The van der Waals surface area contributed by atoms with Crippen LogP contribution in [0.2, 0.25) is 0 Å². The first kappa shape index (κ1) is 45.6. The summed E-state index contributed by atoms with van der Waals surface area (Å²) in [4.78, 5) is 57.5. The van der Waals surface area contributed by atoms with Gasteiger partial charge in [-0.15, -0.1) is 0 Å². The van der Waals surface area contributed by atoms with E-state index in [1.165, 1.54) is 30.6 Å². The molecule has 0 spiro atoms. The number of hydrogen-bond acceptors (Lipinski definition) is 12. The maximum Gasteiger partial charge on any atom is 0.314 e. The zero-order valence-corrected chi connectivity index (χ0v) is 36.5. The van der Waals surface area contributed by atoms with Crippen LogP contribution in [0.5, 0.6) is 17.2 Å². The quantitative estimate of drug-likeness (QED) is 0.0267. The van der Waals surface area contributed by atoms with Crippen molar-refractivity contribution in [1.82, 2.24) is 4.98 Å². The summed E-state index contributed by atoms with van der Waals surface area (Å²) in [7, 11) is 0. The Morgan fingerprint density at radius 2 is 1.34 bits per heavy atom. The number of nitrogens with zero attached hydrogens (tertiary/aromatic N) is 3. The SMILES string of the molecule is CCCCCCCOc1ccc(OC(=O)C2CCC(C(=O)Cc3ccc(OC(=O)C4CCC(C(=O)CCC)CC4)cc3/C=N/N(CCO)c3nc4ccccc4s3)CC2)cc1. The summed E-state index contributed by atoms with van der Waals surface area (Å²) in [5.74, 6) is 0.564. The molecule has 0 amide bonds. The van der Waals surface area contributed by atoms with Gasteiger partial charge in [-0.2, -0.15) is 5.10 Å². The Hall–Kier alpha value is -4.94. The molecule has 4 aromatic rings. The Morgan fingerprint density at radius 1 is 0.738 bits per heavy atom. The molecule has 1 heterocycles. The first-order chi connectivity index (χ1) is 29.7. The normalized spacial score (nSPS) is 19.1. The second kappa shape index (κ2) is 23.3. The van der Waals surface area contributed by atoms with E-state index in [2.05, 4.69) is 6.92 Å². The summed E-state index contributed by atoms with van der Waals surface area (Å²) < 4.78 is 18.5. The maximum absolute atomic E-state index is 13.9. The van der Waals surface area contributed by atoms with Crippen LogP contribution in [0.4, 0.5) is 5.13 Å². The number of Topliss-reactive ketones (excluding diaryl/α,β-unsaturated/α-hetero) is 2. The van der Waals surface area contributed by atoms with Crippen molar-refractivity contribution in [3.8, 4) is 17.2 Å². The van der Waals surface area contributed by atoms with Gasteiger partial charge in [0.1, 0.15) is 28.8 Å². The highest BCUT2D eigenvalue weighted by Gasteiger charge is 2.32. The predicted molar refractivity (Wildman–Crippen MR) is 240 cm³/mol. The Morgan fingerprint density at radius 3 is 2.00 bits per heavy atom. The molecule has 0 saturated heterocycles. The third kappa shape index (κ3) is 13.3. The molecule has 0 bridgehead atoms. The number of anilines is 1. The summed E-state index contributed by atoms with van der Waals surface area (Å²) in [5.41, 5.74) is 2.16. The molecule has 2 fully saturated rings. The van der Waals surface area contributed by atoms with Crippen LogP contribution < -0.4 is 19.2 Å². The van der Waals surface area contributed by atoms with Gasteiger partial charge in [0.25, 0.3) is 0 Å². The molecule has 3 aromatic carbocycles. The number of benzene rings is 3. The van der Waals surface area contributed by atoms with E-state index >= 15 is 0 Å². The average Bonchev–Trinajstić information content (AvgIpc) is 3.72. The molecule has 326 valence electrons. The fraction of sp³-hybridized carbons (Fsp3) is 0.510. The fourth-order valence-corrected chi connectivity index (χ4v) is 9.25. The number of aliphatic hydroxyl groups is 1. The highest BCUT2D eigenvalue weighted by Crippen LogP contribution is 2.34. The van der Waals surface area contributed by atoms with Crippen LogP contribution in [0.1, 0.15) is 121 Å². The number of esters is 2. The van der Waals surface area contributed by atoms with Crippen LogP contribution in [0.15, 0.2) is 71.8 Å². The number of hydrogen-bond donors (Lipinski definition) is 1. The standard InChI is InChI=1S/C49H61N3O8S/c1-3-5-6-7-10-30-58-40-24-26-41(27-25-40)59-47(56)36-20-16-35(17-21-36)45(55)32-38-22-23-42(60-48(57)37-18-14-34(15-19-37)44(54)11-4-2)31-39(38)33-50-52(28-29-53)49-51-43-12-8-9-13-46(43)61-49/h8-9,12-13,22-27,31,33-37,53H,3-7,10-11,14-21,28-30,32H2,1-2H3/b50-33+. The lowest BCUT2D eigenvalue weighted by atomic mass is 9.78. The van der Waals surface area contributed by atoms with Crippen molar-refractivity contribution in [2.75, 3.05) is 24.8 Å². The number of ether oxygens (including phenoxy) is 3. The van der Waals surface area contributed by atoms with Crippen molar-refractivity contribution in [2.24, 2.45) is 28.8 Å². The Kier molecular flexibility index (Phi) is 17.4. The molecule has 0 aliphatic heterocycles. The minimum Gasteiger partial charge on any atom is -0.494 e. The van der Waals surface area contributed by atoms with E-state index in [9.17, 15) is 24.3 Å². The van der Waals surface area contributed by atoms with E-state index in [-0.39, 0.29) is 66.7 Å². The van der Waals surface area contributed by atoms with Gasteiger partial charge < -0.3 is 19.3 Å². The topological polar surface area (TPSA) is 145 Å². The lowest BCUT2D eigenvalue weighted by Crippen LogP contribution is -2.29. The number of thiazole rings is 1. The van der Waals surface area contributed by atoms with Gasteiger partial charge in [0.05, 0.1) is 48.0 Å². The number of aromatic nitrogens is 1. The number of rotatable bonds is 22. The molecule has 2 saturated carbocycles. The zero-order valence-electron chi connectivity index (χ0n) is 35.7. The second-order valence-corrected chi connectivity index (χ2v) is 17.5. The largest absolute Gasteiger partial charge is 0.494 e. The van der Waals surface area contributed by atoms with E-state index < -0.39 is 0 Å². The molecule has 2 aliphatic carbocycles. The van der Waals surface area contributed by atoms with Gasteiger partial charge in [0.15, 0.2) is 0 Å². The smallest absolute Gasteiger partial charge is 0.314 e. The van der Waals surface area contributed by atoms with Gasteiger partial charge in [-0.3, -0.25) is 19.2 Å². The monoisotopic (exact) mass is 851 g/mol. The first-order valence-corrected chi connectivity index (χ1v) is 23.2. The minimum atomic E-state index is -0.325. The third-order valence-electron chi connectivity index (χ3n) is 11.9. The van der Waals surface area contributed by atoms with Crippen LogP contribution in [0.3, 0.4) is 0 Å². The summed E-state index contributed by atoms with van der Waals surface area (Å²) in [6.45, 7) is 4.92. The number of para-hydroxylation sites is 1. The van der Waals surface area contributed by atoms with Crippen LogP contribution in [-0.2, 0) is 25.6 Å². The van der Waals surface area contributed by atoms with Gasteiger partial charge in [0, 0.05) is 30.2 Å². The summed E-state index contributed by atoms with van der Waals surface area (Å²) in [6, 6.07) is 20.2. The van der Waals surface area contributed by atoms with Crippen molar-refractivity contribution in [3.05, 3.63) is 77.9 Å². The van der Waals surface area contributed by atoms with Crippen molar-refractivity contribution in [3.63, 3.8) is 0 Å². The van der Waals surface area contributed by atoms with Gasteiger partial charge in [-0.25, -0.2) is 9.99 Å². The molecule has 0 unspecified atom stereocenters. The Bertz CT molecular complexity index is 2050. The van der Waals surface area contributed by atoms with Crippen LogP contribution in [-0.4, -0.2) is 59.6 Å². The van der Waals surface area contributed by atoms with Gasteiger partial charge in [-0.05, 0) is 118 Å². The maximum atomic E-state index is 13.9. The Labute approximate surface area is 363 Å². The highest BCUT2D eigenvalue weighted by molar-refractivity contribution is 7.22. The third-order valence-corrected chi connectivity index (χ3v) is 13.0. The lowest BCUT2D eigenvalue weighted by Gasteiger charge is -2.27. The highest BCUT2D eigenvalue weighted by atomic mass is 32.1. The van der Waals surface area contributed by atoms with Crippen LogP contribution in [0.25, 0.3) is 10.2 Å². The van der Waals surface area contributed by atoms with Crippen LogP contribution in [0, 0.1) is 23.7 Å².